The summed E-state index contributed by atoms with van der Waals surface area (Å²) in [4.78, 5) is 15.6. The third kappa shape index (κ3) is 1.92. The molecule has 0 fully saturated rings. The van der Waals surface area contributed by atoms with Gasteiger partial charge in [0.2, 0.25) is 0 Å². The highest BCUT2D eigenvalue weighted by Gasteiger charge is 2.14. The number of para-hydroxylation sites is 1. The summed E-state index contributed by atoms with van der Waals surface area (Å²) >= 11 is 0. The number of hydrogen-bond donors (Lipinski definition) is 0. The normalized spacial score (nSPS) is 11.2. The van der Waals surface area contributed by atoms with Gasteiger partial charge in [-0.3, -0.25) is 9.78 Å². The van der Waals surface area contributed by atoms with Crippen molar-refractivity contribution in [2.24, 2.45) is 0 Å². The van der Waals surface area contributed by atoms with Gasteiger partial charge in [-0.05, 0) is 32.0 Å². The summed E-state index contributed by atoms with van der Waals surface area (Å²) in [6.45, 7) is 4.30. The van der Waals surface area contributed by atoms with Gasteiger partial charge < -0.3 is 4.57 Å². The van der Waals surface area contributed by atoms with E-state index in [1.807, 2.05) is 12.1 Å². The predicted octanol–water partition coefficient (Wildman–Crippen LogP) is 4.10. The van der Waals surface area contributed by atoms with Crippen molar-refractivity contribution in [3.63, 3.8) is 0 Å². The third-order valence-corrected chi connectivity index (χ3v) is 3.52. The van der Waals surface area contributed by atoms with Gasteiger partial charge >= 0.3 is 0 Å². The molecule has 2 heterocycles. The van der Waals surface area contributed by atoms with Crippen molar-refractivity contribution in [1.29, 1.82) is 0 Å². The molecular weight excluding hydrogens is 248 g/mol. The molecular formula is C17H16N2O. The van der Waals surface area contributed by atoms with Gasteiger partial charge in [0.1, 0.15) is 0 Å². The molecule has 0 spiro atoms. The van der Waals surface area contributed by atoms with Gasteiger partial charge in [0, 0.05) is 40.5 Å². The molecule has 3 nitrogen and oxygen atoms in total. The number of carbonyl (C=O) groups is 1. The lowest BCUT2D eigenvalue weighted by Gasteiger charge is -2.08. The van der Waals surface area contributed by atoms with Crippen molar-refractivity contribution in [1.82, 2.24) is 9.55 Å². The van der Waals surface area contributed by atoms with E-state index in [0.29, 0.717) is 11.6 Å². The smallest absolute Gasteiger partial charge is 0.152 e. The molecule has 1 aromatic carbocycles. The van der Waals surface area contributed by atoms with Crippen molar-refractivity contribution in [2.45, 2.75) is 19.9 Å². The first-order chi connectivity index (χ1) is 9.72. The molecule has 0 N–H and O–H groups in total. The SMILES string of the molecule is CC(C)n1cc(-c2ncccc2C=O)c2ccccc21. The second-order valence-electron chi connectivity index (χ2n) is 5.12. The molecule has 0 aliphatic heterocycles. The Morgan fingerprint density at radius 1 is 1.15 bits per heavy atom. The maximum Gasteiger partial charge on any atom is 0.152 e. The predicted molar refractivity (Wildman–Crippen MR) is 80.9 cm³/mol. The minimum Gasteiger partial charge on any atom is -0.344 e. The van der Waals surface area contributed by atoms with Crippen LogP contribution in [0.1, 0.15) is 30.2 Å². The molecule has 0 saturated heterocycles. The van der Waals surface area contributed by atoms with Gasteiger partial charge in [0.05, 0.1) is 5.69 Å². The van der Waals surface area contributed by atoms with Crippen LogP contribution >= 0.6 is 0 Å². The van der Waals surface area contributed by atoms with Crippen molar-refractivity contribution >= 4 is 17.2 Å². The Morgan fingerprint density at radius 2 is 1.95 bits per heavy atom. The fraction of sp³-hybridized carbons (Fsp3) is 0.176. The van der Waals surface area contributed by atoms with Crippen molar-refractivity contribution in [3.05, 3.63) is 54.4 Å². The zero-order valence-corrected chi connectivity index (χ0v) is 11.6. The second kappa shape index (κ2) is 4.93. The van der Waals surface area contributed by atoms with E-state index in [1.165, 1.54) is 5.52 Å². The van der Waals surface area contributed by atoms with Crippen LogP contribution in [0.3, 0.4) is 0 Å². The summed E-state index contributed by atoms with van der Waals surface area (Å²) in [5.41, 5.74) is 3.55. The van der Waals surface area contributed by atoms with Crippen molar-refractivity contribution < 1.29 is 4.79 Å². The highest BCUT2D eigenvalue weighted by atomic mass is 16.1. The van der Waals surface area contributed by atoms with Gasteiger partial charge in [0.15, 0.2) is 6.29 Å². The molecule has 0 aliphatic rings. The van der Waals surface area contributed by atoms with Crippen LogP contribution < -0.4 is 0 Å². The summed E-state index contributed by atoms with van der Waals surface area (Å²) in [5.74, 6) is 0. The van der Waals surface area contributed by atoms with E-state index in [2.05, 4.69) is 41.7 Å². The van der Waals surface area contributed by atoms with E-state index in [1.54, 1.807) is 18.3 Å². The Balaban J connectivity index is 2.34. The van der Waals surface area contributed by atoms with Crippen LogP contribution in [0.15, 0.2) is 48.8 Å². The number of aldehydes is 1. The first kappa shape index (κ1) is 12.6. The molecule has 100 valence electrons. The second-order valence-corrected chi connectivity index (χ2v) is 5.12. The molecule has 3 aromatic rings. The first-order valence-corrected chi connectivity index (χ1v) is 6.72. The van der Waals surface area contributed by atoms with Gasteiger partial charge in [-0.25, -0.2) is 0 Å². The van der Waals surface area contributed by atoms with Crippen LogP contribution in [-0.2, 0) is 0 Å². The summed E-state index contributed by atoms with van der Waals surface area (Å²) in [6.07, 6.45) is 4.68. The van der Waals surface area contributed by atoms with Crippen LogP contribution in [0.4, 0.5) is 0 Å². The number of hydrogen-bond acceptors (Lipinski definition) is 2. The minimum absolute atomic E-state index is 0.358. The monoisotopic (exact) mass is 264 g/mol. The molecule has 0 unspecified atom stereocenters. The number of aromatic nitrogens is 2. The Kier molecular flexibility index (Phi) is 3.11. The summed E-state index contributed by atoms with van der Waals surface area (Å²) in [6, 6.07) is 12.2. The molecule has 0 aliphatic carbocycles. The van der Waals surface area contributed by atoms with Crippen LogP contribution in [0.5, 0.6) is 0 Å². The van der Waals surface area contributed by atoms with E-state index >= 15 is 0 Å². The standard InChI is InChI=1S/C17H16N2O/c1-12(2)19-10-15(14-7-3-4-8-16(14)19)17-13(11-20)6-5-9-18-17/h3-12H,1-2H3. The van der Waals surface area contributed by atoms with Crippen molar-refractivity contribution in [2.75, 3.05) is 0 Å². The minimum atomic E-state index is 0.358. The molecule has 3 heteroatoms. The summed E-state index contributed by atoms with van der Waals surface area (Å²) < 4.78 is 2.22. The number of benzene rings is 1. The number of rotatable bonds is 3. The van der Waals surface area contributed by atoms with Crippen LogP contribution in [-0.4, -0.2) is 15.8 Å². The Morgan fingerprint density at radius 3 is 2.70 bits per heavy atom. The van der Waals surface area contributed by atoms with Gasteiger partial charge in [-0.1, -0.05) is 18.2 Å². The van der Waals surface area contributed by atoms with Gasteiger partial charge in [-0.15, -0.1) is 0 Å². The average molecular weight is 264 g/mol. The van der Waals surface area contributed by atoms with Crippen LogP contribution in [0.2, 0.25) is 0 Å². The fourth-order valence-electron chi connectivity index (χ4n) is 2.56. The van der Waals surface area contributed by atoms with Crippen molar-refractivity contribution in [3.8, 4) is 11.3 Å². The molecule has 0 radical (unpaired) electrons. The zero-order chi connectivity index (χ0) is 14.1. The highest BCUT2D eigenvalue weighted by Crippen LogP contribution is 2.32. The molecule has 0 atom stereocenters. The maximum absolute atomic E-state index is 11.2. The van der Waals surface area contributed by atoms with E-state index in [4.69, 9.17) is 0 Å². The quantitative estimate of drug-likeness (QED) is 0.668. The van der Waals surface area contributed by atoms with E-state index in [9.17, 15) is 4.79 Å². The lowest BCUT2D eigenvalue weighted by atomic mass is 10.1. The zero-order valence-electron chi connectivity index (χ0n) is 11.6. The number of pyridine rings is 1. The van der Waals surface area contributed by atoms with Crippen LogP contribution in [0.25, 0.3) is 22.2 Å². The maximum atomic E-state index is 11.2. The lowest BCUT2D eigenvalue weighted by molar-refractivity contribution is 0.112. The number of fused-ring (bicyclic) bond motifs is 1. The number of carbonyl (C=O) groups excluding carboxylic acids is 1. The molecule has 20 heavy (non-hydrogen) atoms. The molecule has 0 saturated carbocycles. The fourth-order valence-corrected chi connectivity index (χ4v) is 2.56. The van der Waals surface area contributed by atoms with Gasteiger partial charge in [0.25, 0.3) is 0 Å². The van der Waals surface area contributed by atoms with E-state index in [0.717, 1.165) is 22.9 Å². The Labute approximate surface area is 117 Å². The summed E-state index contributed by atoms with van der Waals surface area (Å²) in [7, 11) is 0. The van der Waals surface area contributed by atoms with Gasteiger partial charge in [-0.2, -0.15) is 0 Å². The number of nitrogens with zero attached hydrogens (tertiary/aromatic N) is 2. The molecule has 2 aromatic heterocycles. The van der Waals surface area contributed by atoms with E-state index in [-0.39, 0.29) is 0 Å². The molecule has 0 amide bonds. The third-order valence-electron chi connectivity index (χ3n) is 3.52. The Hall–Kier alpha value is -2.42. The topological polar surface area (TPSA) is 34.9 Å². The highest BCUT2D eigenvalue weighted by molar-refractivity contribution is 5.99. The molecule has 3 rings (SSSR count). The first-order valence-electron chi connectivity index (χ1n) is 6.72. The van der Waals surface area contributed by atoms with E-state index < -0.39 is 0 Å². The lowest BCUT2D eigenvalue weighted by Crippen LogP contribution is -1.97. The largest absolute Gasteiger partial charge is 0.344 e. The summed E-state index contributed by atoms with van der Waals surface area (Å²) in [5, 5.41) is 1.13. The molecule has 0 bridgehead atoms. The van der Waals surface area contributed by atoms with Crippen LogP contribution in [0, 0.1) is 0 Å². The Bertz CT molecular complexity index is 772. The average Bonchev–Trinajstić information content (AvgIpc) is 2.87.